The van der Waals surface area contributed by atoms with Crippen molar-refractivity contribution in [2.24, 2.45) is 5.92 Å². The number of carbonyl (C=O) groups excluding carboxylic acids is 1. The summed E-state index contributed by atoms with van der Waals surface area (Å²) in [5.74, 6) is 0.438. The molecule has 2 heterocycles. The van der Waals surface area contributed by atoms with Gasteiger partial charge < -0.3 is 4.74 Å². The summed E-state index contributed by atoms with van der Waals surface area (Å²) in [6.07, 6.45) is 6.94. The van der Waals surface area contributed by atoms with Crippen LogP contribution in [0.4, 0.5) is 0 Å². The zero-order valence-corrected chi connectivity index (χ0v) is 10.9. The fraction of sp³-hybridized carbons (Fsp3) is 0.643. The van der Waals surface area contributed by atoms with E-state index in [9.17, 15) is 4.79 Å². The second-order valence-electron chi connectivity index (χ2n) is 5.04. The van der Waals surface area contributed by atoms with Crippen molar-refractivity contribution in [2.75, 3.05) is 13.2 Å². The number of ketones is 1. The van der Waals surface area contributed by atoms with Gasteiger partial charge in [-0.05, 0) is 50.2 Å². The van der Waals surface area contributed by atoms with Crippen molar-refractivity contribution in [2.45, 2.75) is 38.5 Å². The largest absolute Gasteiger partial charge is 0.381 e. The molecule has 2 aliphatic rings. The minimum atomic E-state index is 0.115. The lowest BCUT2D eigenvalue weighted by Crippen LogP contribution is -2.24. The Labute approximate surface area is 106 Å². The van der Waals surface area contributed by atoms with E-state index in [4.69, 9.17) is 4.74 Å². The minimum Gasteiger partial charge on any atom is -0.381 e. The highest BCUT2D eigenvalue weighted by molar-refractivity contribution is 7.14. The third-order valence-corrected chi connectivity index (χ3v) is 5.02. The van der Waals surface area contributed by atoms with Crippen LogP contribution >= 0.6 is 11.3 Å². The van der Waals surface area contributed by atoms with E-state index >= 15 is 0 Å². The standard InChI is InChI=1S/C14H18O2S/c15-14(11-5-3-7-16-9-11)13-8-10-4-1-2-6-12(10)17-13/h8,11H,1-7,9H2. The first kappa shape index (κ1) is 11.4. The lowest BCUT2D eigenvalue weighted by molar-refractivity contribution is 0.0464. The van der Waals surface area contributed by atoms with E-state index in [0.717, 1.165) is 24.3 Å². The van der Waals surface area contributed by atoms with Crippen LogP contribution in [0, 0.1) is 5.92 Å². The van der Waals surface area contributed by atoms with Crippen LogP contribution in [0.3, 0.4) is 0 Å². The van der Waals surface area contributed by atoms with Gasteiger partial charge in [0.15, 0.2) is 5.78 Å². The molecule has 0 saturated carbocycles. The number of hydrogen-bond donors (Lipinski definition) is 0. The van der Waals surface area contributed by atoms with Gasteiger partial charge in [-0.25, -0.2) is 0 Å². The maximum absolute atomic E-state index is 12.3. The fourth-order valence-corrected chi connectivity index (χ4v) is 4.03. The Morgan fingerprint density at radius 2 is 2.18 bits per heavy atom. The predicted molar refractivity (Wildman–Crippen MR) is 68.8 cm³/mol. The smallest absolute Gasteiger partial charge is 0.178 e. The molecule has 0 radical (unpaired) electrons. The maximum Gasteiger partial charge on any atom is 0.178 e. The van der Waals surface area contributed by atoms with Crippen LogP contribution in [0.1, 0.15) is 45.8 Å². The molecule has 0 N–H and O–H groups in total. The molecule has 3 heteroatoms. The molecule has 92 valence electrons. The Bertz CT molecular complexity index is 392. The Hall–Kier alpha value is -0.670. The zero-order chi connectivity index (χ0) is 11.7. The summed E-state index contributed by atoms with van der Waals surface area (Å²) in [5, 5.41) is 0. The van der Waals surface area contributed by atoms with E-state index in [2.05, 4.69) is 6.07 Å². The normalized spacial score (nSPS) is 24.4. The van der Waals surface area contributed by atoms with Crippen molar-refractivity contribution in [1.82, 2.24) is 0 Å². The van der Waals surface area contributed by atoms with Gasteiger partial charge in [0.05, 0.1) is 11.5 Å². The number of hydrogen-bond acceptors (Lipinski definition) is 3. The van der Waals surface area contributed by atoms with Crippen LogP contribution in [0.2, 0.25) is 0 Å². The van der Waals surface area contributed by atoms with E-state index in [-0.39, 0.29) is 5.92 Å². The van der Waals surface area contributed by atoms with Crippen LogP contribution in [-0.4, -0.2) is 19.0 Å². The molecule has 0 bridgehead atoms. The summed E-state index contributed by atoms with van der Waals surface area (Å²) in [7, 11) is 0. The summed E-state index contributed by atoms with van der Waals surface area (Å²) in [6.45, 7) is 1.45. The minimum absolute atomic E-state index is 0.115. The van der Waals surface area contributed by atoms with Crippen molar-refractivity contribution in [3.63, 3.8) is 0 Å². The number of Topliss-reactive ketones (excluding diaryl/α,β-unsaturated/α-hetero) is 1. The van der Waals surface area contributed by atoms with Crippen LogP contribution < -0.4 is 0 Å². The van der Waals surface area contributed by atoms with E-state index in [0.29, 0.717) is 12.4 Å². The van der Waals surface area contributed by atoms with Gasteiger partial charge in [0.2, 0.25) is 0 Å². The molecule has 1 aromatic rings. The number of aryl methyl sites for hydroxylation is 2. The highest BCUT2D eigenvalue weighted by atomic mass is 32.1. The molecule has 0 spiro atoms. The molecule has 1 aromatic heterocycles. The molecule has 2 nitrogen and oxygen atoms in total. The summed E-state index contributed by atoms with van der Waals surface area (Å²) in [5.41, 5.74) is 1.43. The van der Waals surface area contributed by atoms with E-state index in [1.54, 1.807) is 11.3 Å². The first-order valence-electron chi connectivity index (χ1n) is 6.58. The lowest BCUT2D eigenvalue weighted by atomic mass is 9.95. The molecule has 0 aromatic carbocycles. The molecule has 3 rings (SSSR count). The SMILES string of the molecule is O=C(c1cc2c(s1)CCCC2)C1CCCOC1. The van der Waals surface area contributed by atoms with Gasteiger partial charge in [0.25, 0.3) is 0 Å². The van der Waals surface area contributed by atoms with Crippen LogP contribution in [0.5, 0.6) is 0 Å². The number of rotatable bonds is 2. The van der Waals surface area contributed by atoms with Gasteiger partial charge in [-0.3, -0.25) is 4.79 Å². The number of fused-ring (bicyclic) bond motifs is 1. The summed E-state index contributed by atoms with van der Waals surface area (Å²) in [6, 6.07) is 2.15. The van der Waals surface area contributed by atoms with E-state index in [1.807, 2.05) is 0 Å². The molecule has 0 amide bonds. The highest BCUT2D eigenvalue weighted by Gasteiger charge is 2.25. The van der Waals surface area contributed by atoms with Crippen molar-refractivity contribution < 1.29 is 9.53 Å². The molecule has 17 heavy (non-hydrogen) atoms. The second-order valence-corrected chi connectivity index (χ2v) is 6.18. The zero-order valence-electron chi connectivity index (χ0n) is 10.0. The molecular weight excluding hydrogens is 232 g/mol. The van der Waals surface area contributed by atoms with Crippen molar-refractivity contribution in [3.8, 4) is 0 Å². The average Bonchev–Trinajstić information content (AvgIpc) is 2.82. The molecule has 1 saturated heterocycles. The number of carbonyl (C=O) groups is 1. The average molecular weight is 250 g/mol. The lowest BCUT2D eigenvalue weighted by Gasteiger charge is -2.20. The Morgan fingerprint density at radius 3 is 2.94 bits per heavy atom. The summed E-state index contributed by atoms with van der Waals surface area (Å²) >= 11 is 1.73. The second kappa shape index (κ2) is 4.91. The number of thiophene rings is 1. The summed E-state index contributed by atoms with van der Waals surface area (Å²) in [4.78, 5) is 14.8. The Kier molecular flexibility index (Phi) is 3.30. The first-order valence-corrected chi connectivity index (χ1v) is 7.40. The quantitative estimate of drug-likeness (QED) is 0.753. The Morgan fingerprint density at radius 1 is 1.29 bits per heavy atom. The van der Waals surface area contributed by atoms with Gasteiger partial charge in [-0.15, -0.1) is 11.3 Å². The van der Waals surface area contributed by atoms with E-state index in [1.165, 1.54) is 36.1 Å². The van der Waals surface area contributed by atoms with Crippen LogP contribution in [-0.2, 0) is 17.6 Å². The predicted octanol–water partition coefficient (Wildman–Crippen LogP) is 3.24. The molecular formula is C14H18O2S. The van der Waals surface area contributed by atoms with Gasteiger partial charge in [-0.1, -0.05) is 0 Å². The van der Waals surface area contributed by atoms with Crippen LogP contribution in [0.25, 0.3) is 0 Å². The number of ether oxygens (including phenoxy) is 1. The van der Waals surface area contributed by atoms with Gasteiger partial charge >= 0.3 is 0 Å². The highest BCUT2D eigenvalue weighted by Crippen LogP contribution is 2.32. The third kappa shape index (κ3) is 2.31. The van der Waals surface area contributed by atoms with E-state index < -0.39 is 0 Å². The molecule has 1 fully saturated rings. The Balaban J connectivity index is 1.78. The van der Waals surface area contributed by atoms with Crippen molar-refractivity contribution in [3.05, 3.63) is 21.4 Å². The van der Waals surface area contributed by atoms with Gasteiger partial charge in [0, 0.05) is 17.4 Å². The first-order chi connectivity index (χ1) is 8.34. The van der Waals surface area contributed by atoms with Crippen molar-refractivity contribution in [1.29, 1.82) is 0 Å². The third-order valence-electron chi connectivity index (χ3n) is 3.77. The van der Waals surface area contributed by atoms with Gasteiger partial charge in [-0.2, -0.15) is 0 Å². The van der Waals surface area contributed by atoms with Crippen LogP contribution in [0.15, 0.2) is 6.07 Å². The molecule has 1 aliphatic heterocycles. The molecule has 1 atom stereocenters. The van der Waals surface area contributed by atoms with Crippen molar-refractivity contribution >= 4 is 17.1 Å². The topological polar surface area (TPSA) is 26.3 Å². The fourth-order valence-electron chi connectivity index (χ4n) is 2.76. The summed E-state index contributed by atoms with van der Waals surface area (Å²) < 4.78 is 5.41. The molecule has 1 aliphatic carbocycles. The van der Waals surface area contributed by atoms with Gasteiger partial charge in [0.1, 0.15) is 0 Å². The monoisotopic (exact) mass is 250 g/mol. The maximum atomic E-state index is 12.3. The molecule has 1 unspecified atom stereocenters.